The highest BCUT2D eigenvalue weighted by molar-refractivity contribution is 6.39. The Bertz CT molecular complexity index is 915. The molecule has 1 aromatic heterocycles. The van der Waals surface area contributed by atoms with Gasteiger partial charge >= 0.3 is 6.61 Å². The molecule has 1 atom stereocenters. The maximum atomic E-state index is 12.9. The van der Waals surface area contributed by atoms with Crippen molar-refractivity contribution >= 4 is 40.5 Å². The van der Waals surface area contributed by atoms with E-state index < -0.39 is 12.5 Å². The fourth-order valence-electron chi connectivity index (χ4n) is 2.81. The predicted octanol–water partition coefficient (Wildman–Crippen LogP) is 5.46. The fourth-order valence-corrected chi connectivity index (χ4v) is 3.27. The number of rotatable bonds is 4. The number of carbonyl (C=O) groups excluding carboxylic acids is 1. The van der Waals surface area contributed by atoms with Gasteiger partial charge in [0.2, 0.25) is 0 Å². The number of alkyl halides is 2. The number of nitrogens with zero attached hydrogens (tertiary/aromatic N) is 1. The second-order valence-corrected chi connectivity index (χ2v) is 8.29. The highest BCUT2D eigenvalue weighted by atomic mass is 35.5. The minimum Gasteiger partial charge on any atom is -0.482 e. The van der Waals surface area contributed by atoms with Crippen molar-refractivity contribution < 1.29 is 23.0 Å². The number of amides is 1. The Hall–Kier alpha value is -2.32. The molecule has 0 aliphatic carbocycles. The second-order valence-electron chi connectivity index (χ2n) is 7.48. The maximum absolute atomic E-state index is 12.9. The third-order valence-corrected chi connectivity index (χ3v) is 4.94. The number of hydrogen-bond acceptors (Lipinski definition) is 5. The van der Waals surface area contributed by atoms with E-state index in [0.29, 0.717) is 6.54 Å². The summed E-state index contributed by atoms with van der Waals surface area (Å²) in [4.78, 5) is 16.7. The van der Waals surface area contributed by atoms with E-state index in [1.165, 1.54) is 24.5 Å². The molecule has 1 aromatic carbocycles. The minimum atomic E-state index is -3.04. The number of aromatic nitrogens is 1. The molecule has 1 aliphatic heterocycles. The van der Waals surface area contributed by atoms with E-state index >= 15 is 0 Å². The van der Waals surface area contributed by atoms with Crippen molar-refractivity contribution in [3.8, 4) is 11.5 Å². The molecule has 0 saturated carbocycles. The van der Waals surface area contributed by atoms with E-state index in [1.807, 2.05) is 20.8 Å². The summed E-state index contributed by atoms with van der Waals surface area (Å²) in [6.45, 7) is 3.23. The molecule has 0 radical (unpaired) electrons. The molecule has 0 unspecified atom stereocenters. The quantitative estimate of drug-likeness (QED) is 0.653. The zero-order valence-corrected chi connectivity index (χ0v) is 17.4. The zero-order valence-electron chi connectivity index (χ0n) is 15.9. The van der Waals surface area contributed by atoms with Crippen LogP contribution in [0, 0.1) is 5.41 Å². The van der Waals surface area contributed by atoms with Crippen molar-refractivity contribution in [2.24, 2.45) is 5.41 Å². The lowest BCUT2D eigenvalue weighted by Crippen LogP contribution is -2.41. The van der Waals surface area contributed by atoms with Crippen molar-refractivity contribution in [3.63, 3.8) is 0 Å². The molecule has 10 heteroatoms. The molecule has 0 saturated heterocycles. The van der Waals surface area contributed by atoms with E-state index in [1.54, 1.807) is 0 Å². The van der Waals surface area contributed by atoms with Crippen LogP contribution in [0.3, 0.4) is 0 Å². The van der Waals surface area contributed by atoms with E-state index in [-0.39, 0.29) is 50.0 Å². The highest BCUT2D eigenvalue weighted by Gasteiger charge is 2.34. The van der Waals surface area contributed by atoms with Crippen LogP contribution in [-0.4, -0.2) is 30.2 Å². The van der Waals surface area contributed by atoms with Crippen LogP contribution in [0.4, 0.5) is 20.2 Å². The average Bonchev–Trinajstić information content (AvgIpc) is 2.63. The number of benzene rings is 1. The number of nitrogens with one attached hydrogen (secondary N) is 2. The predicted molar refractivity (Wildman–Crippen MR) is 108 cm³/mol. The lowest BCUT2D eigenvalue weighted by atomic mass is 9.88. The molecule has 1 aliphatic rings. The van der Waals surface area contributed by atoms with Crippen molar-refractivity contribution in [3.05, 3.63) is 40.1 Å². The van der Waals surface area contributed by atoms with Crippen LogP contribution in [0.2, 0.25) is 10.0 Å². The van der Waals surface area contributed by atoms with Gasteiger partial charge in [0.15, 0.2) is 11.5 Å². The maximum Gasteiger partial charge on any atom is 0.387 e. The summed E-state index contributed by atoms with van der Waals surface area (Å²) in [5.74, 6) is -0.658. The third kappa shape index (κ3) is 4.64. The average molecular weight is 446 g/mol. The van der Waals surface area contributed by atoms with Gasteiger partial charge in [-0.05, 0) is 12.1 Å². The van der Waals surface area contributed by atoms with Gasteiger partial charge in [-0.25, -0.2) is 0 Å². The largest absolute Gasteiger partial charge is 0.482 e. The summed E-state index contributed by atoms with van der Waals surface area (Å²) < 4.78 is 36.2. The Morgan fingerprint density at radius 3 is 2.55 bits per heavy atom. The van der Waals surface area contributed by atoms with Crippen molar-refractivity contribution in [2.45, 2.75) is 33.5 Å². The van der Waals surface area contributed by atoms with Crippen LogP contribution >= 0.6 is 23.2 Å². The molecule has 3 rings (SSSR count). The molecule has 0 spiro atoms. The molecule has 29 heavy (non-hydrogen) atoms. The van der Waals surface area contributed by atoms with Crippen molar-refractivity contribution in [1.82, 2.24) is 4.98 Å². The third-order valence-electron chi connectivity index (χ3n) is 4.36. The number of pyridine rings is 1. The van der Waals surface area contributed by atoms with Gasteiger partial charge in [0, 0.05) is 17.8 Å². The number of fused-ring (bicyclic) bond motifs is 1. The van der Waals surface area contributed by atoms with Gasteiger partial charge in [0.05, 0.1) is 33.5 Å². The first kappa shape index (κ1) is 21.4. The van der Waals surface area contributed by atoms with Crippen LogP contribution < -0.4 is 20.1 Å². The Morgan fingerprint density at radius 1 is 1.31 bits per heavy atom. The van der Waals surface area contributed by atoms with Gasteiger partial charge in [0.1, 0.15) is 6.10 Å². The molecule has 1 amide bonds. The van der Waals surface area contributed by atoms with Gasteiger partial charge in [-0.15, -0.1) is 0 Å². The second kappa shape index (κ2) is 8.20. The first-order valence-corrected chi connectivity index (χ1v) is 9.46. The number of anilines is 2. The standard InChI is InChI=1S/C19H19Cl2F2N3O3/c1-19(2,3)13-8-25-14-9(4-5-12(16(14)29-13)28-18(22)23)17(27)26-15-10(20)6-24-7-11(15)21/h4-7,13,18,25H,8H2,1-3H3,(H,24,26,27)/t13-/m0/s1. The Labute approximate surface area is 176 Å². The SMILES string of the molecule is CC(C)(C)[C@@H]1CNc2c(C(=O)Nc3c(Cl)cncc3Cl)ccc(OC(F)F)c2O1. The first-order valence-electron chi connectivity index (χ1n) is 8.70. The number of ether oxygens (including phenoxy) is 2. The first-order chi connectivity index (χ1) is 13.6. The molecule has 2 aromatic rings. The summed E-state index contributed by atoms with van der Waals surface area (Å²) in [6.07, 6.45) is 2.36. The van der Waals surface area contributed by atoms with Crippen LogP contribution in [0.1, 0.15) is 31.1 Å². The van der Waals surface area contributed by atoms with E-state index in [4.69, 9.17) is 27.9 Å². The van der Waals surface area contributed by atoms with Crippen LogP contribution in [0.15, 0.2) is 24.5 Å². The van der Waals surface area contributed by atoms with Gasteiger partial charge in [-0.2, -0.15) is 8.78 Å². The highest BCUT2D eigenvalue weighted by Crippen LogP contribution is 2.44. The summed E-state index contributed by atoms with van der Waals surface area (Å²) in [5.41, 5.74) is 0.336. The van der Waals surface area contributed by atoms with Crippen LogP contribution in [0.25, 0.3) is 0 Å². The molecule has 2 N–H and O–H groups in total. The Morgan fingerprint density at radius 2 is 1.97 bits per heavy atom. The van der Waals surface area contributed by atoms with Gasteiger partial charge in [-0.3, -0.25) is 9.78 Å². The summed E-state index contributed by atoms with van der Waals surface area (Å²) in [7, 11) is 0. The minimum absolute atomic E-state index is 0.0519. The Kier molecular flexibility index (Phi) is 6.05. The van der Waals surface area contributed by atoms with E-state index in [0.717, 1.165) is 0 Å². The molecular formula is C19H19Cl2F2N3O3. The lowest BCUT2D eigenvalue weighted by Gasteiger charge is -2.37. The smallest absolute Gasteiger partial charge is 0.387 e. The van der Waals surface area contributed by atoms with Crippen LogP contribution in [-0.2, 0) is 0 Å². The van der Waals surface area contributed by atoms with Gasteiger partial charge < -0.3 is 20.1 Å². The Balaban J connectivity index is 1.99. The summed E-state index contributed by atoms with van der Waals surface area (Å²) in [5, 5.41) is 6.05. The molecule has 6 nitrogen and oxygen atoms in total. The molecule has 2 heterocycles. The zero-order chi connectivity index (χ0) is 21.3. The van der Waals surface area contributed by atoms with Crippen LogP contribution in [0.5, 0.6) is 11.5 Å². The monoisotopic (exact) mass is 445 g/mol. The van der Waals surface area contributed by atoms with E-state index in [2.05, 4.69) is 20.4 Å². The molecular weight excluding hydrogens is 427 g/mol. The van der Waals surface area contributed by atoms with Gasteiger partial charge in [0.25, 0.3) is 5.91 Å². The van der Waals surface area contributed by atoms with Crippen molar-refractivity contribution in [2.75, 3.05) is 17.2 Å². The topological polar surface area (TPSA) is 72.5 Å². The molecule has 0 bridgehead atoms. The summed E-state index contributed by atoms with van der Waals surface area (Å²) in [6, 6.07) is 2.63. The number of carbonyl (C=O) groups is 1. The normalized spacial score (nSPS) is 15.9. The number of hydrogen-bond donors (Lipinski definition) is 2. The van der Waals surface area contributed by atoms with Gasteiger partial charge in [-0.1, -0.05) is 44.0 Å². The van der Waals surface area contributed by atoms with Crippen molar-refractivity contribution in [1.29, 1.82) is 0 Å². The number of halogens is 4. The van der Waals surface area contributed by atoms with E-state index in [9.17, 15) is 13.6 Å². The lowest BCUT2D eigenvalue weighted by molar-refractivity contribution is -0.0529. The molecule has 156 valence electrons. The summed E-state index contributed by atoms with van der Waals surface area (Å²) >= 11 is 12.1. The molecule has 0 fully saturated rings. The fraction of sp³-hybridized carbons (Fsp3) is 0.368.